The molecule has 4 heteroatoms. The summed E-state index contributed by atoms with van der Waals surface area (Å²) in [5, 5.41) is 9.82. The molecule has 0 bridgehead atoms. The molecule has 0 aliphatic heterocycles. The van der Waals surface area contributed by atoms with E-state index in [9.17, 15) is 9.90 Å². The molecular formula is C16H18N2O2. The Balaban J connectivity index is 2.29. The first-order valence-corrected chi connectivity index (χ1v) is 6.39. The van der Waals surface area contributed by atoms with E-state index in [1.54, 1.807) is 19.2 Å². The second kappa shape index (κ2) is 5.75. The molecule has 2 rings (SSSR count). The maximum absolute atomic E-state index is 12.4. The first kappa shape index (κ1) is 14.1. The number of amides is 1. The fraction of sp³-hybridized carbons (Fsp3) is 0.188. The number of hydrogen-bond donors (Lipinski definition) is 2. The van der Waals surface area contributed by atoms with Crippen molar-refractivity contribution in [3.05, 3.63) is 59.2 Å². The van der Waals surface area contributed by atoms with Crippen molar-refractivity contribution in [2.45, 2.75) is 13.5 Å². The van der Waals surface area contributed by atoms with E-state index in [4.69, 9.17) is 5.73 Å². The minimum atomic E-state index is -0.244. The van der Waals surface area contributed by atoms with Gasteiger partial charge in [-0.15, -0.1) is 0 Å². The Morgan fingerprint density at radius 3 is 2.45 bits per heavy atom. The summed E-state index contributed by atoms with van der Waals surface area (Å²) in [6.07, 6.45) is 0. The van der Waals surface area contributed by atoms with Crippen LogP contribution in [0.2, 0.25) is 0 Å². The Kier molecular flexibility index (Phi) is 4.05. The van der Waals surface area contributed by atoms with Gasteiger partial charge in [0.25, 0.3) is 5.91 Å². The molecule has 3 N–H and O–H groups in total. The van der Waals surface area contributed by atoms with Crippen LogP contribution in [0, 0.1) is 6.92 Å². The summed E-state index contributed by atoms with van der Waals surface area (Å²) in [5.41, 5.74) is 8.54. The highest BCUT2D eigenvalue weighted by atomic mass is 16.3. The number of carbonyl (C=O) groups is 1. The first-order valence-electron chi connectivity index (χ1n) is 6.39. The molecule has 2 aromatic rings. The Labute approximate surface area is 118 Å². The summed E-state index contributed by atoms with van der Waals surface area (Å²) in [6, 6.07) is 12.4. The topological polar surface area (TPSA) is 66.6 Å². The van der Waals surface area contributed by atoms with Crippen LogP contribution in [-0.2, 0) is 6.54 Å². The average Bonchev–Trinajstić information content (AvgIpc) is 2.48. The monoisotopic (exact) mass is 270 g/mol. The maximum atomic E-state index is 12.4. The van der Waals surface area contributed by atoms with Gasteiger partial charge in [0.1, 0.15) is 5.75 Å². The minimum Gasteiger partial charge on any atom is -0.507 e. The summed E-state index contributed by atoms with van der Waals surface area (Å²) in [4.78, 5) is 13.9. The smallest absolute Gasteiger partial charge is 0.261 e. The number of aryl methyl sites for hydroxylation is 1. The van der Waals surface area contributed by atoms with E-state index < -0.39 is 0 Å². The van der Waals surface area contributed by atoms with Gasteiger partial charge < -0.3 is 15.7 Å². The van der Waals surface area contributed by atoms with E-state index in [1.807, 2.05) is 31.2 Å². The molecule has 2 aromatic carbocycles. The van der Waals surface area contributed by atoms with E-state index in [1.165, 1.54) is 11.0 Å². The molecule has 0 aliphatic rings. The van der Waals surface area contributed by atoms with Crippen molar-refractivity contribution in [1.82, 2.24) is 0 Å². The van der Waals surface area contributed by atoms with Crippen molar-refractivity contribution in [1.29, 1.82) is 0 Å². The van der Waals surface area contributed by atoms with E-state index in [0.717, 1.165) is 16.8 Å². The normalized spacial score (nSPS) is 10.3. The molecule has 1 amide bonds. The highest BCUT2D eigenvalue weighted by molar-refractivity contribution is 6.07. The predicted octanol–water partition coefficient (Wildman–Crippen LogP) is 2.44. The third-order valence-electron chi connectivity index (χ3n) is 3.25. The Hall–Kier alpha value is -2.33. The zero-order chi connectivity index (χ0) is 14.7. The van der Waals surface area contributed by atoms with Crippen LogP contribution < -0.4 is 10.6 Å². The highest BCUT2D eigenvalue weighted by Gasteiger charge is 2.17. The number of hydrogen-bond acceptors (Lipinski definition) is 3. The van der Waals surface area contributed by atoms with Crippen LogP contribution >= 0.6 is 0 Å². The molecule has 0 unspecified atom stereocenters. The van der Waals surface area contributed by atoms with Gasteiger partial charge in [-0.05, 0) is 36.8 Å². The number of benzene rings is 2. The summed E-state index contributed by atoms with van der Waals surface area (Å²) in [6.45, 7) is 2.35. The summed E-state index contributed by atoms with van der Waals surface area (Å²) in [5.74, 6) is -0.252. The van der Waals surface area contributed by atoms with Crippen molar-refractivity contribution in [3.8, 4) is 5.75 Å². The number of phenols is 1. The molecule has 20 heavy (non-hydrogen) atoms. The third-order valence-corrected chi connectivity index (χ3v) is 3.25. The lowest BCUT2D eigenvalue weighted by Gasteiger charge is -2.18. The SMILES string of the molecule is Cc1ccc(O)c(C(=O)N(C)c2ccc(CN)cc2)c1. The summed E-state index contributed by atoms with van der Waals surface area (Å²) >= 11 is 0. The fourth-order valence-electron chi connectivity index (χ4n) is 1.97. The molecule has 0 saturated carbocycles. The Morgan fingerprint density at radius 1 is 1.20 bits per heavy atom. The number of phenolic OH excluding ortho intramolecular Hbond substituents is 1. The lowest BCUT2D eigenvalue weighted by molar-refractivity contribution is 0.0990. The first-order chi connectivity index (χ1) is 9.52. The minimum absolute atomic E-state index is 0.00831. The van der Waals surface area contributed by atoms with Gasteiger partial charge in [0.15, 0.2) is 0 Å². The van der Waals surface area contributed by atoms with E-state index >= 15 is 0 Å². The molecule has 0 saturated heterocycles. The van der Waals surface area contributed by atoms with Gasteiger partial charge in [-0.3, -0.25) is 4.79 Å². The van der Waals surface area contributed by atoms with Crippen LogP contribution in [0.5, 0.6) is 5.75 Å². The number of carbonyl (C=O) groups excluding carboxylic acids is 1. The number of aromatic hydroxyl groups is 1. The van der Waals surface area contributed by atoms with Crippen LogP contribution in [0.4, 0.5) is 5.69 Å². The molecule has 0 fully saturated rings. The van der Waals surface area contributed by atoms with Gasteiger partial charge in [0.05, 0.1) is 5.56 Å². The second-order valence-corrected chi connectivity index (χ2v) is 4.76. The molecule has 4 nitrogen and oxygen atoms in total. The zero-order valence-corrected chi connectivity index (χ0v) is 11.6. The average molecular weight is 270 g/mol. The zero-order valence-electron chi connectivity index (χ0n) is 11.6. The van der Waals surface area contributed by atoms with E-state index in [2.05, 4.69) is 0 Å². The number of nitrogens with two attached hydrogens (primary N) is 1. The van der Waals surface area contributed by atoms with Gasteiger partial charge in [-0.1, -0.05) is 23.8 Å². The molecule has 0 aliphatic carbocycles. The number of rotatable bonds is 3. The maximum Gasteiger partial charge on any atom is 0.261 e. The Morgan fingerprint density at radius 2 is 1.85 bits per heavy atom. The van der Waals surface area contributed by atoms with Crippen molar-refractivity contribution in [2.75, 3.05) is 11.9 Å². The lowest BCUT2D eigenvalue weighted by Crippen LogP contribution is -2.26. The van der Waals surface area contributed by atoms with Crippen LogP contribution in [-0.4, -0.2) is 18.1 Å². The molecule has 0 spiro atoms. The number of anilines is 1. The van der Waals surface area contributed by atoms with Crippen LogP contribution in [0.3, 0.4) is 0 Å². The van der Waals surface area contributed by atoms with Crippen molar-refractivity contribution >= 4 is 11.6 Å². The quantitative estimate of drug-likeness (QED) is 0.900. The van der Waals surface area contributed by atoms with Crippen LogP contribution in [0.25, 0.3) is 0 Å². The summed E-state index contributed by atoms with van der Waals surface area (Å²) < 4.78 is 0. The van der Waals surface area contributed by atoms with Gasteiger partial charge in [-0.2, -0.15) is 0 Å². The largest absolute Gasteiger partial charge is 0.507 e. The van der Waals surface area contributed by atoms with Gasteiger partial charge in [0.2, 0.25) is 0 Å². The van der Waals surface area contributed by atoms with Gasteiger partial charge in [-0.25, -0.2) is 0 Å². The Bertz CT molecular complexity index is 621. The van der Waals surface area contributed by atoms with Crippen molar-refractivity contribution in [2.24, 2.45) is 5.73 Å². The second-order valence-electron chi connectivity index (χ2n) is 4.76. The van der Waals surface area contributed by atoms with Crippen molar-refractivity contribution < 1.29 is 9.90 Å². The molecule has 104 valence electrons. The fourth-order valence-corrected chi connectivity index (χ4v) is 1.97. The molecule has 0 atom stereocenters. The number of nitrogens with zero attached hydrogens (tertiary/aromatic N) is 1. The van der Waals surface area contributed by atoms with E-state index in [0.29, 0.717) is 12.1 Å². The lowest BCUT2D eigenvalue weighted by atomic mass is 10.1. The molecule has 0 radical (unpaired) electrons. The van der Waals surface area contributed by atoms with Crippen molar-refractivity contribution in [3.63, 3.8) is 0 Å². The van der Waals surface area contributed by atoms with Gasteiger partial charge in [0, 0.05) is 19.3 Å². The van der Waals surface area contributed by atoms with Crippen LogP contribution in [0.15, 0.2) is 42.5 Å². The third kappa shape index (κ3) is 2.81. The van der Waals surface area contributed by atoms with Crippen LogP contribution in [0.1, 0.15) is 21.5 Å². The standard InChI is InChI=1S/C16H18N2O2/c1-11-3-8-15(19)14(9-11)16(20)18(2)13-6-4-12(10-17)5-7-13/h3-9,19H,10,17H2,1-2H3. The van der Waals surface area contributed by atoms with E-state index in [-0.39, 0.29) is 11.7 Å². The highest BCUT2D eigenvalue weighted by Crippen LogP contribution is 2.23. The molecule has 0 heterocycles. The summed E-state index contributed by atoms with van der Waals surface area (Å²) in [7, 11) is 1.68. The van der Waals surface area contributed by atoms with Gasteiger partial charge >= 0.3 is 0 Å². The predicted molar refractivity (Wildman–Crippen MR) is 79.9 cm³/mol. The molecular weight excluding hydrogens is 252 g/mol. The molecule has 0 aromatic heterocycles.